The van der Waals surface area contributed by atoms with Crippen molar-refractivity contribution in [3.63, 3.8) is 0 Å². The molecular formula is C16H15BrFNO2. The van der Waals surface area contributed by atoms with Gasteiger partial charge in [-0.05, 0) is 37.3 Å². The highest BCUT2D eigenvalue weighted by Gasteiger charge is 2.24. The van der Waals surface area contributed by atoms with Crippen molar-refractivity contribution >= 4 is 27.6 Å². The van der Waals surface area contributed by atoms with Crippen molar-refractivity contribution in [1.29, 1.82) is 0 Å². The Labute approximate surface area is 131 Å². The van der Waals surface area contributed by atoms with Crippen LogP contribution in [0.4, 0.5) is 10.1 Å². The van der Waals surface area contributed by atoms with Crippen LogP contribution in [-0.4, -0.2) is 12.6 Å². The number of rotatable bonds is 5. The third kappa shape index (κ3) is 4.04. The van der Waals surface area contributed by atoms with Gasteiger partial charge in [0.05, 0.1) is 6.61 Å². The summed E-state index contributed by atoms with van der Waals surface area (Å²) in [6.45, 7) is 2.00. The zero-order chi connectivity index (χ0) is 15.2. The fraction of sp³-hybridized carbons (Fsp3) is 0.188. The second-order valence-electron chi connectivity index (χ2n) is 4.36. The Bertz CT molecular complexity index is 619. The van der Waals surface area contributed by atoms with E-state index in [9.17, 15) is 9.18 Å². The molecule has 0 saturated heterocycles. The summed E-state index contributed by atoms with van der Waals surface area (Å²) in [6.07, 6.45) is 0. The smallest absolute Gasteiger partial charge is 0.333 e. The van der Waals surface area contributed by atoms with Gasteiger partial charge in [-0.3, -0.25) is 0 Å². The van der Waals surface area contributed by atoms with Gasteiger partial charge in [0.25, 0.3) is 0 Å². The maximum atomic E-state index is 13.5. The molecule has 2 rings (SSSR count). The van der Waals surface area contributed by atoms with E-state index in [-0.39, 0.29) is 6.61 Å². The molecule has 0 fully saturated rings. The quantitative estimate of drug-likeness (QED) is 0.816. The largest absolute Gasteiger partial charge is 0.464 e. The minimum Gasteiger partial charge on any atom is -0.464 e. The van der Waals surface area contributed by atoms with Crippen LogP contribution >= 0.6 is 15.9 Å². The lowest BCUT2D eigenvalue weighted by atomic mass is 10.1. The Morgan fingerprint density at radius 3 is 2.67 bits per heavy atom. The lowest BCUT2D eigenvalue weighted by Gasteiger charge is -2.20. The van der Waals surface area contributed by atoms with Crippen molar-refractivity contribution < 1.29 is 13.9 Å². The maximum absolute atomic E-state index is 13.5. The molecule has 1 unspecified atom stereocenters. The van der Waals surface area contributed by atoms with Crippen molar-refractivity contribution in [3.8, 4) is 0 Å². The molecule has 0 aliphatic heterocycles. The third-order valence-electron chi connectivity index (χ3n) is 2.88. The van der Waals surface area contributed by atoms with Gasteiger partial charge >= 0.3 is 5.97 Å². The van der Waals surface area contributed by atoms with E-state index in [0.717, 1.165) is 5.69 Å². The van der Waals surface area contributed by atoms with Crippen molar-refractivity contribution in [2.24, 2.45) is 0 Å². The number of ether oxygens (including phenoxy) is 1. The fourth-order valence-corrected chi connectivity index (χ4v) is 2.40. The van der Waals surface area contributed by atoms with Gasteiger partial charge in [0.2, 0.25) is 0 Å². The lowest BCUT2D eigenvalue weighted by Crippen LogP contribution is -2.24. The third-order valence-corrected chi connectivity index (χ3v) is 3.60. The molecule has 0 heterocycles. The topological polar surface area (TPSA) is 38.3 Å². The number of para-hydroxylation sites is 1. The SMILES string of the molecule is CCOC(=O)C(Nc1ccccc1)c1cc(F)ccc1Br. The van der Waals surface area contributed by atoms with Gasteiger partial charge in [-0.1, -0.05) is 34.1 Å². The van der Waals surface area contributed by atoms with Crippen LogP contribution in [0.5, 0.6) is 0 Å². The Hall–Kier alpha value is -1.88. The number of anilines is 1. The van der Waals surface area contributed by atoms with Crippen molar-refractivity contribution in [1.82, 2.24) is 0 Å². The van der Waals surface area contributed by atoms with Gasteiger partial charge < -0.3 is 10.1 Å². The molecule has 21 heavy (non-hydrogen) atoms. The molecule has 5 heteroatoms. The van der Waals surface area contributed by atoms with Crippen LogP contribution in [0.15, 0.2) is 53.0 Å². The molecule has 0 aliphatic carbocycles. The summed E-state index contributed by atoms with van der Waals surface area (Å²) in [5.41, 5.74) is 1.25. The van der Waals surface area contributed by atoms with Gasteiger partial charge in [-0.15, -0.1) is 0 Å². The fourth-order valence-electron chi connectivity index (χ4n) is 1.93. The summed E-state index contributed by atoms with van der Waals surface area (Å²) < 4.78 is 19.2. The predicted molar refractivity (Wildman–Crippen MR) is 83.5 cm³/mol. The van der Waals surface area contributed by atoms with Crippen molar-refractivity contribution in [3.05, 3.63) is 64.4 Å². The Balaban J connectivity index is 2.36. The minimum absolute atomic E-state index is 0.263. The van der Waals surface area contributed by atoms with Crippen LogP contribution in [0.2, 0.25) is 0 Å². The molecule has 0 saturated carbocycles. The molecule has 0 aromatic heterocycles. The van der Waals surface area contributed by atoms with E-state index in [2.05, 4.69) is 21.2 Å². The molecule has 3 nitrogen and oxygen atoms in total. The van der Waals surface area contributed by atoms with E-state index >= 15 is 0 Å². The van der Waals surface area contributed by atoms with Crippen LogP contribution in [0.25, 0.3) is 0 Å². The summed E-state index contributed by atoms with van der Waals surface area (Å²) in [5, 5.41) is 3.08. The molecule has 1 atom stereocenters. The summed E-state index contributed by atoms with van der Waals surface area (Å²) in [6, 6.07) is 12.7. The van der Waals surface area contributed by atoms with Gasteiger partial charge in [0.15, 0.2) is 6.04 Å². The van der Waals surface area contributed by atoms with E-state index < -0.39 is 17.8 Å². The molecule has 0 aliphatic rings. The summed E-state index contributed by atoms with van der Waals surface area (Å²) in [7, 11) is 0. The number of nitrogens with one attached hydrogen (secondary N) is 1. The standard InChI is InChI=1S/C16H15BrFNO2/c1-2-21-16(20)15(19-12-6-4-3-5-7-12)13-10-11(18)8-9-14(13)17/h3-10,15,19H,2H2,1H3. The first kappa shape index (κ1) is 15.5. The zero-order valence-corrected chi connectivity index (χ0v) is 13.1. The van der Waals surface area contributed by atoms with Gasteiger partial charge in [0, 0.05) is 15.7 Å². The monoisotopic (exact) mass is 351 g/mol. The second-order valence-corrected chi connectivity index (χ2v) is 5.22. The predicted octanol–water partition coefficient (Wildman–Crippen LogP) is 4.30. The Morgan fingerprint density at radius 1 is 1.29 bits per heavy atom. The van der Waals surface area contributed by atoms with Crippen molar-refractivity contribution in [2.75, 3.05) is 11.9 Å². The number of carbonyl (C=O) groups is 1. The summed E-state index contributed by atoms with van der Waals surface area (Å²) >= 11 is 3.35. The average molecular weight is 352 g/mol. The first-order valence-electron chi connectivity index (χ1n) is 6.55. The molecule has 1 N–H and O–H groups in total. The molecule has 110 valence electrons. The molecule has 2 aromatic carbocycles. The highest BCUT2D eigenvalue weighted by atomic mass is 79.9. The zero-order valence-electron chi connectivity index (χ0n) is 11.5. The molecule has 0 spiro atoms. The van der Waals surface area contributed by atoms with Crippen LogP contribution in [0, 0.1) is 5.82 Å². The van der Waals surface area contributed by atoms with Crippen LogP contribution in [0.3, 0.4) is 0 Å². The second kappa shape index (κ2) is 7.22. The maximum Gasteiger partial charge on any atom is 0.333 e. The highest BCUT2D eigenvalue weighted by Crippen LogP contribution is 2.28. The van der Waals surface area contributed by atoms with E-state index in [1.807, 2.05) is 30.3 Å². The van der Waals surface area contributed by atoms with Gasteiger partial charge in [-0.25, -0.2) is 9.18 Å². The average Bonchev–Trinajstić information content (AvgIpc) is 2.49. The Kier molecular flexibility index (Phi) is 5.33. The molecular weight excluding hydrogens is 337 g/mol. The van der Waals surface area contributed by atoms with Crippen LogP contribution < -0.4 is 5.32 Å². The number of halogens is 2. The molecule has 0 radical (unpaired) electrons. The Morgan fingerprint density at radius 2 is 2.00 bits per heavy atom. The van der Waals surface area contributed by atoms with Gasteiger partial charge in [0.1, 0.15) is 5.82 Å². The minimum atomic E-state index is -0.780. The lowest BCUT2D eigenvalue weighted by molar-refractivity contribution is -0.144. The highest BCUT2D eigenvalue weighted by molar-refractivity contribution is 9.10. The molecule has 2 aromatic rings. The van der Waals surface area contributed by atoms with E-state index in [1.165, 1.54) is 12.1 Å². The van der Waals surface area contributed by atoms with E-state index in [4.69, 9.17) is 4.74 Å². The normalized spacial score (nSPS) is 11.8. The molecule has 0 amide bonds. The number of hydrogen-bond donors (Lipinski definition) is 1. The molecule has 0 bridgehead atoms. The summed E-state index contributed by atoms with van der Waals surface area (Å²) in [4.78, 5) is 12.2. The number of carbonyl (C=O) groups excluding carboxylic acids is 1. The first-order chi connectivity index (χ1) is 10.1. The van der Waals surface area contributed by atoms with Crippen LogP contribution in [0.1, 0.15) is 18.5 Å². The number of esters is 1. The summed E-state index contributed by atoms with van der Waals surface area (Å²) in [5.74, 6) is -0.856. The van der Waals surface area contributed by atoms with Gasteiger partial charge in [-0.2, -0.15) is 0 Å². The van der Waals surface area contributed by atoms with E-state index in [0.29, 0.717) is 10.0 Å². The number of benzene rings is 2. The van der Waals surface area contributed by atoms with Crippen LogP contribution in [-0.2, 0) is 9.53 Å². The van der Waals surface area contributed by atoms with E-state index in [1.54, 1.807) is 13.0 Å². The van der Waals surface area contributed by atoms with Crippen molar-refractivity contribution in [2.45, 2.75) is 13.0 Å². The number of hydrogen-bond acceptors (Lipinski definition) is 3. The first-order valence-corrected chi connectivity index (χ1v) is 7.34.